The number of amides is 1. The Morgan fingerprint density at radius 3 is 2.61 bits per heavy atom. The number of piperidine rings is 1. The van der Waals surface area contributed by atoms with Crippen LogP contribution in [0.2, 0.25) is 5.02 Å². The molecule has 0 spiro atoms. The van der Waals surface area contributed by atoms with Crippen LogP contribution in [0.5, 0.6) is 0 Å². The van der Waals surface area contributed by atoms with E-state index in [2.05, 4.69) is 14.8 Å². The number of pyridine rings is 1. The molecule has 2 N–H and O–H groups in total. The number of carbonyl (C=O) groups is 1. The molecule has 0 saturated carbocycles. The molecule has 3 heterocycles. The first kappa shape index (κ1) is 16.5. The van der Waals surface area contributed by atoms with Crippen LogP contribution in [-0.4, -0.2) is 61.7 Å². The van der Waals surface area contributed by atoms with Gasteiger partial charge in [0.25, 0.3) is 0 Å². The Labute approximate surface area is 141 Å². The molecule has 0 bridgehead atoms. The minimum atomic E-state index is -0.504. The van der Waals surface area contributed by atoms with Gasteiger partial charge in [0.1, 0.15) is 5.82 Å². The highest BCUT2D eigenvalue weighted by molar-refractivity contribution is 6.33. The number of carbonyl (C=O) groups excluding carboxylic acids is 1. The topological polar surface area (TPSA) is 71.7 Å². The highest BCUT2D eigenvalue weighted by Gasteiger charge is 2.24. The van der Waals surface area contributed by atoms with E-state index in [4.69, 9.17) is 22.1 Å². The summed E-state index contributed by atoms with van der Waals surface area (Å²) in [7, 11) is 0. The average molecular weight is 339 g/mol. The summed E-state index contributed by atoms with van der Waals surface area (Å²) >= 11 is 6.26. The highest BCUT2D eigenvalue weighted by atomic mass is 35.5. The number of nitrogens with two attached hydrogens (primary N) is 1. The van der Waals surface area contributed by atoms with E-state index in [1.165, 1.54) is 6.20 Å². The van der Waals surface area contributed by atoms with E-state index in [9.17, 15) is 4.79 Å². The Balaban J connectivity index is 1.55. The second-order valence-corrected chi connectivity index (χ2v) is 6.64. The van der Waals surface area contributed by atoms with Gasteiger partial charge >= 0.3 is 0 Å². The van der Waals surface area contributed by atoms with Crippen LogP contribution in [0.3, 0.4) is 0 Å². The molecule has 2 saturated heterocycles. The molecule has 7 heteroatoms. The van der Waals surface area contributed by atoms with Gasteiger partial charge in [-0.3, -0.25) is 9.69 Å². The van der Waals surface area contributed by atoms with E-state index in [1.807, 2.05) is 0 Å². The van der Waals surface area contributed by atoms with Crippen molar-refractivity contribution in [2.45, 2.75) is 12.8 Å². The van der Waals surface area contributed by atoms with Crippen LogP contribution in [-0.2, 0) is 4.74 Å². The van der Waals surface area contributed by atoms with Gasteiger partial charge in [0.2, 0.25) is 5.91 Å². The SMILES string of the molecule is NC(=O)c1cnc(N2CCC(CN3CCOCC3)CC2)c(Cl)c1. The minimum Gasteiger partial charge on any atom is -0.379 e. The van der Waals surface area contributed by atoms with Crippen LogP contribution in [0.15, 0.2) is 12.3 Å². The van der Waals surface area contributed by atoms with Gasteiger partial charge in [0, 0.05) is 38.9 Å². The Morgan fingerprint density at radius 1 is 1.30 bits per heavy atom. The fourth-order valence-electron chi connectivity index (χ4n) is 3.27. The van der Waals surface area contributed by atoms with Crippen LogP contribution in [0.4, 0.5) is 5.82 Å². The summed E-state index contributed by atoms with van der Waals surface area (Å²) in [5.41, 5.74) is 5.60. The van der Waals surface area contributed by atoms with E-state index in [0.717, 1.165) is 64.6 Å². The number of ether oxygens (including phenoxy) is 1. The second-order valence-electron chi connectivity index (χ2n) is 6.24. The van der Waals surface area contributed by atoms with Crippen molar-refractivity contribution in [3.8, 4) is 0 Å². The van der Waals surface area contributed by atoms with Crippen LogP contribution in [0, 0.1) is 5.92 Å². The molecule has 2 fully saturated rings. The molecule has 3 rings (SSSR count). The molecule has 1 aromatic heterocycles. The van der Waals surface area contributed by atoms with Crippen molar-refractivity contribution in [3.63, 3.8) is 0 Å². The van der Waals surface area contributed by atoms with Crippen molar-refractivity contribution >= 4 is 23.3 Å². The van der Waals surface area contributed by atoms with Gasteiger partial charge in [0.05, 0.1) is 23.8 Å². The van der Waals surface area contributed by atoms with E-state index >= 15 is 0 Å². The van der Waals surface area contributed by atoms with Gasteiger partial charge in [0.15, 0.2) is 0 Å². The Bertz CT molecular complexity index is 555. The number of morpholine rings is 1. The zero-order valence-electron chi connectivity index (χ0n) is 13.2. The molecule has 126 valence electrons. The van der Waals surface area contributed by atoms with Crippen molar-refractivity contribution in [2.75, 3.05) is 50.8 Å². The number of hydrogen-bond acceptors (Lipinski definition) is 5. The number of hydrogen-bond donors (Lipinski definition) is 1. The maximum atomic E-state index is 11.2. The lowest BCUT2D eigenvalue weighted by Crippen LogP contribution is -2.43. The van der Waals surface area contributed by atoms with Gasteiger partial charge in [-0.15, -0.1) is 0 Å². The van der Waals surface area contributed by atoms with Gasteiger partial charge in [-0.25, -0.2) is 4.98 Å². The summed E-state index contributed by atoms with van der Waals surface area (Å²) in [6, 6.07) is 1.60. The van der Waals surface area contributed by atoms with Gasteiger partial charge < -0.3 is 15.4 Å². The van der Waals surface area contributed by atoms with Crippen LogP contribution >= 0.6 is 11.6 Å². The molecule has 1 amide bonds. The lowest BCUT2D eigenvalue weighted by atomic mass is 9.96. The first-order valence-corrected chi connectivity index (χ1v) is 8.51. The number of halogens is 1. The quantitative estimate of drug-likeness (QED) is 0.898. The fourth-order valence-corrected chi connectivity index (χ4v) is 3.56. The molecule has 6 nitrogen and oxygen atoms in total. The maximum Gasteiger partial charge on any atom is 0.250 e. The molecule has 0 unspecified atom stereocenters. The first-order valence-electron chi connectivity index (χ1n) is 8.14. The lowest BCUT2D eigenvalue weighted by Gasteiger charge is -2.36. The predicted molar refractivity (Wildman–Crippen MR) is 90.0 cm³/mol. The highest BCUT2D eigenvalue weighted by Crippen LogP contribution is 2.28. The molecule has 2 aliphatic rings. The summed E-state index contributed by atoms with van der Waals surface area (Å²) in [5, 5.41) is 0.493. The van der Waals surface area contributed by atoms with Crippen LogP contribution < -0.4 is 10.6 Å². The van der Waals surface area contributed by atoms with Crippen molar-refractivity contribution in [3.05, 3.63) is 22.8 Å². The molecule has 0 atom stereocenters. The summed E-state index contributed by atoms with van der Waals surface area (Å²) in [5.74, 6) is 0.963. The van der Waals surface area contributed by atoms with Crippen molar-refractivity contribution in [1.82, 2.24) is 9.88 Å². The third-order valence-electron chi connectivity index (χ3n) is 4.64. The molecular weight excluding hydrogens is 316 g/mol. The number of anilines is 1. The Morgan fingerprint density at radius 2 is 2.00 bits per heavy atom. The Hall–Kier alpha value is -1.37. The predicted octanol–water partition coefficient (Wildman–Crippen LogP) is 1.38. The third-order valence-corrected chi connectivity index (χ3v) is 4.92. The lowest BCUT2D eigenvalue weighted by molar-refractivity contribution is 0.0289. The normalized spacial score (nSPS) is 20.7. The molecule has 0 aromatic carbocycles. The summed E-state index contributed by atoms with van der Waals surface area (Å²) < 4.78 is 5.40. The molecule has 1 aromatic rings. The zero-order valence-corrected chi connectivity index (χ0v) is 14.0. The smallest absolute Gasteiger partial charge is 0.250 e. The number of primary amides is 1. The largest absolute Gasteiger partial charge is 0.379 e. The van der Waals surface area contributed by atoms with Crippen molar-refractivity contribution in [1.29, 1.82) is 0 Å². The van der Waals surface area contributed by atoms with Crippen LogP contribution in [0.1, 0.15) is 23.2 Å². The van der Waals surface area contributed by atoms with Crippen molar-refractivity contribution in [2.24, 2.45) is 11.7 Å². The monoisotopic (exact) mass is 338 g/mol. The maximum absolute atomic E-state index is 11.2. The van der Waals surface area contributed by atoms with Gasteiger partial charge in [-0.1, -0.05) is 11.6 Å². The van der Waals surface area contributed by atoms with E-state index in [-0.39, 0.29) is 0 Å². The standard InChI is InChI=1S/C16H23ClN4O2/c17-14-9-13(15(18)22)10-19-16(14)21-3-1-12(2-4-21)11-20-5-7-23-8-6-20/h9-10,12H,1-8,11H2,(H2,18,22). The van der Waals surface area contributed by atoms with Gasteiger partial charge in [-0.05, 0) is 24.8 Å². The molecule has 2 aliphatic heterocycles. The van der Waals surface area contributed by atoms with Gasteiger partial charge in [-0.2, -0.15) is 0 Å². The first-order chi connectivity index (χ1) is 11.1. The fraction of sp³-hybridized carbons (Fsp3) is 0.625. The van der Waals surface area contributed by atoms with E-state index in [0.29, 0.717) is 16.5 Å². The van der Waals surface area contributed by atoms with E-state index in [1.54, 1.807) is 6.07 Å². The molecule has 23 heavy (non-hydrogen) atoms. The van der Waals surface area contributed by atoms with Crippen molar-refractivity contribution < 1.29 is 9.53 Å². The third kappa shape index (κ3) is 4.13. The molecular formula is C16H23ClN4O2. The number of nitrogens with zero attached hydrogens (tertiary/aromatic N) is 3. The minimum absolute atomic E-state index is 0.348. The number of aromatic nitrogens is 1. The summed E-state index contributed by atoms with van der Waals surface area (Å²) in [6.45, 7) is 6.83. The van der Waals surface area contributed by atoms with Crippen LogP contribution in [0.25, 0.3) is 0 Å². The molecule has 0 radical (unpaired) electrons. The summed E-state index contributed by atoms with van der Waals surface area (Å²) in [6.07, 6.45) is 3.77. The average Bonchev–Trinajstić information content (AvgIpc) is 2.56. The molecule has 0 aliphatic carbocycles. The second kappa shape index (κ2) is 7.47. The Kier molecular flexibility index (Phi) is 5.35. The van der Waals surface area contributed by atoms with E-state index < -0.39 is 5.91 Å². The number of rotatable bonds is 4. The zero-order chi connectivity index (χ0) is 16.2. The summed E-state index contributed by atoms with van der Waals surface area (Å²) in [4.78, 5) is 20.2.